The summed E-state index contributed by atoms with van der Waals surface area (Å²) in [6.07, 6.45) is 5.69. The number of anilines is 1. The summed E-state index contributed by atoms with van der Waals surface area (Å²) < 4.78 is 10.8. The van der Waals surface area contributed by atoms with E-state index in [0.717, 1.165) is 0 Å². The van der Waals surface area contributed by atoms with Crippen LogP contribution in [0.15, 0.2) is 60.7 Å². The molecule has 6 heteroatoms. The molecule has 5 fully saturated rings. The number of nitrogens with zero attached hydrogens (tertiary/aromatic N) is 1. The van der Waals surface area contributed by atoms with Crippen molar-refractivity contribution < 1.29 is 23.9 Å². The van der Waals surface area contributed by atoms with Crippen molar-refractivity contribution in [2.24, 2.45) is 40.9 Å². The second-order valence-electron chi connectivity index (χ2n) is 9.93. The Morgan fingerprint density at radius 3 is 2.33 bits per heavy atom. The maximum absolute atomic E-state index is 13.4. The van der Waals surface area contributed by atoms with Crippen molar-refractivity contribution in [3.8, 4) is 11.5 Å². The lowest BCUT2D eigenvalue weighted by Crippen LogP contribution is -2.54. The number of benzene rings is 2. The van der Waals surface area contributed by atoms with E-state index in [1.807, 2.05) is 0 Å². The second-order valence-corrected chi connectivity index (χ2v) is 9.93. The minimum absolute atomic E-state index is 0.0442. The van der Waals surface area contributed by atoms with Gasteiger partial charge in [-0.2, -0.15) is 0 Å². The van der Waals surface area contributed by atoms with Crippen molar-refractivity contribution in [3.05, 3.63) is 66.2 Å². The Kier molecular flexibility index (Phi) is 3.67. The zero-order valence-electron chi connectivity index (χ0n) is 18.1. The molecular weight excluding hydrogens is 418 g/mol. The van der Waals surface area contributed by atoms with Crippen LogP contribution < -0.4 is 14.4 Å². The largest absolute Gasteiger partial charge is 0.497 e. The summed E-state index contributed by atoms with van der Waals surface area (Å²) in [6.45, 7) is -0.0993. The number of imide groups is 1. The highest BCUT2D eigenvalue weighted by molar-refractivity contribution is 6.22. The van der Waals surface area contributed by atoms with Crippen LogP contribution in [0, 0.1) is 40.9 Å². The van der Waals surface area contributed by atoms with Gasteiger partial charge in [0.15, 0.2) is 12.4 Å². The SMILES string of the molecule is COc1ccc(C(=O)COc2ccc(N3C(=O)C4C(C3=O)C3C=CC5C4C4CC354)cc2)cc1. The number of hydrogen-bond donors (Lipinski definition) is 0. The lowest BCUT2D eigenvalue weighted by molar-refractivity contribution is -0.139. The Balaban J connectivity index is 1.06. The third-order valence-electron chi connectivity index (χ3n) is 8.83. The molecule has 2 aromatic rings. The van der Waals surface area contributed by atoms with Gasteiger partial charge in [-0.25, -0.2) is 0 Å². The summed E-state index contributed by atoms with van der Waals surface area (Å²) in [5.74, 6) is 2.31. The zero-order chi connectivity index (χ0) is 22.5. The summed E-state index contributed by atoms with van der Waals surface area (Å²) in [6, 6.07) is 13.8. The van der Waals surface area contributed by atoms with E-state index in [4.69, 9.17) is 9.47 Å². The first-order valence-electron chi connectivity index (χ1n) is 11.5. The molecule has 33 heavy (non-hydrogen) atoms. The van der Waals surface area contributed by atoms with Gasteiger partial charge in [0.2, 0.25) is 11.8 Å². The summed E-state index contributed by atoms with van der Waals surface area (Å²) >= 11 is 0. The van der Waals surface area contributed by atoms with E-state index < -0.39 is 0 Å². The molecule has 7 atom stereocenters. The fourth-order valence-electron chi connectivity index (χ4n) is 7.40. The lowest BCUT2D eigenvalue weighted by Gasteiger charge is -2.52. The van der Waals surface area contributed by atoms with Gasteiger partial charge in [-0.15, -0.1) is 0 Å². The van der Waals surface area contributed by atoms with Gasteiger partial charge in [0, 0.05) is 5.56 Å². The van der Waals surface area contributed by atoms with Gasteiger partial charge in [0.05, 0.1) is 24.6 Å². The number of ether oxygens (including phenoxy) is 2. The highest BCUT2D eigenvalue weighted by atomic mass is 16.5. The van der Waals surface area contributed by atoms with Crippen LogP contribution in [-0.2, 0) is 9.59 Å². The van der Waals surface area contributed by atoms with Crippen LogP contribution in [0.5, 0.6) is 11.5 Å². The van der Waals surface area contributed by atoms with E-state index in [1.165, 1.54) is 11.3 Å². The number of allylic oxidation sites excluding steroid dienone is 2. The lowest BCUT2D eigenvalue weighted by atomic mass is 9.49. The second kappa shape index (κ2) is 6.34. The van der Waals surface area contributed by atoms with Crippen molar-refractivity contribution in [1.29, 1.82) is 0 Å². The van der Waals surface area contributed by atoms with Crippen LogP contribution in [0.1, 0.15) is 16.8 Å². The van der Waals surface area contributed by atoms with Gasteiger partial charge in [0.25, 0.3) is 0 Å². The average molecular weight is 441 g/mol. The zero-order valence-corrected chi connectivity index (χ0v) is 18.1. The maximum Gasteiger partial charge on any atom is 0.238 e. The third kappa shape index (κ3) is 2.31. The molecule has 7 unspecified atom stereocenters. The Bertz CT molecular complexity index is 1230. The Labute approximate surface area is 191 Å². The standard InChI is InChI=1S/C27H23NO5/c1-32-16-6-2-14(3-7-16)21(29)13-33-17-8-4-15(5-9-17)28-25(30)23-19-11-10-18-22(24(23)26(28)31)20-12-27(18,19)20/h2-11,18-20,22-24H,12-13H2,1H3. The molecule has 4 bridgehead atoms. The quantitative estimate of drug-likeness (QED) is 0.390. The Morgan fingerprint density at radius 2 is 1.61 bits per heavy atom. The van der Waals surface area contributed by atoms with E-state index in [2.05, 4.69) is 12.2 Å². The van der Waals surface area contributed by atoms with E-state index >= 15 is 0 Å². The molecule has 1 saturated heterocycles. The first-order chi connectivity index (χ1) is 16.0. The van der Waals surface area contributed by atoms with Gasteiger partial charge in [0.1, 0.15) is 11.5 Å². The molecular formula is C27H23NO5. The van der Waals surface area contributed by atoms with E-state index in [9.17, 15) is 14.4 Å². The number of hydrogen-bond acceptors (Lipinski definition) is 5. The predicted octanol–water partition coefficient (Wildman–Crippen LogP) is 3.51. The van der Waals surface area contributed by atoms with Crippen molar-refractivity contribution in [3.63, 3.8) is 0 Å². The van der Waals surface area contributed by atoms with Gasteiger partial charge in [-0.3, -0.25) is 19.3 Å². The molecule has 1 aliphatic heterocycles. The minimum atomic E-state index is -0.200. The van der Waals surface area contributed by atoms with Gasteiger partial charge in [-0.1, -0.05) is 12.2 Å². The highest BCUT2D eigenvalue weighted by Gasteiger charge is 2.85. The van der Waals surface area contributed by atoms with Gasteiger partial charge >= 0.3 is 0 Å². The Morgan fingerprint density at radius 1 is 0.939 bits per heavy atom. The third-order valence-corrected chi connectivity index (χ3v) is 8.83. The molecule has 166 valence electrons. The van der Waals surface area contributed by atoms with Crippen LogP contribution in [0.4, 0.5) is 5.69 Å². The van der Waals surface area contributed by atoms with E-state index in [1.54, 1.807) is 55.6 Å². The average Bonchev–Trinajstić information content (AvgIpc) is 3.36. The molecule has 1 spiro atoms. The van der Waals surface area contributed by atoms with E-state index in [-0.39, 0.29) is 42.0 Å². The predicted molar refractivity (Wildman–Crippen MR) is 119 cm³/mol. The number of methoxy groups -OCH3 is 1. The van der Waals surface area contributed by atoms with Crippen molar-refractivity contribution in [2.45, 2.75) is 6.42 Å². The summed E-state index contributed by atoms with van der Waals surface area (Å²) in [5, 5.41) is 0. The van der Waals surface area contributed by atoms with Gasteiger partial charge < -0.3 is 9.47 Å². The number of carbonyl (C=O) groups excluding carboxylic acids is 3. The Hall–Kier alpha value is -3.41. The first kappa shape index (κ1) is 19.1. The molecule has 0 radical (unpaired) electrons. The smallest absolute Gasteiger partial charge is 0.238 e. The number of rotatable bonds is 6. The van der Waals surface area contributed by atoms with Crippen molar-refractivity contribution in [2.75, 3.05) is 18.6 Å². The van der Waals surface area contributed by atoms with Crippen LogP contribution in [-0.4, -0.2) is 31.3 Å². The van der Waals surface area contributed by atoms with Crippen LogP contribution in [0.2, 0.25) is 0 Å². The molecule has 5 aliphatic carbocycles. The fraction of sp³-hybridized carbons (Fsp3) is 0.370. The molecule has 8 rings (SSSR count). The number of ketones is 1. The monoisotopic (exact) mass is 441 g/mol. The highest BCUT2D eigenvalue weighted by Crippen LogP contribution is 2.87. The summed E-state index contributed by atoms with van der Waals surface area (Å²) in [4.78, 5) is 40.5. The summed E-state index contributed by atoms with van der Waals surface area (Å²) in [5.41, 5.74) is 1.44. The molecule has 0 aromatic heterocycles. The van der Waals surface area contributed by atoms with Crippen LogP contribution in [0.25, 0.3) is 0 Å². The number of carbonyl (C=O) groups is 3. The molecule has 2 amide bonds. The summed E-state index contributed by atoms with van der Waals surface area (Å²) in [7, 11) is 1.58. The first-order valence-corrected chi connectivity index (χ1v) is 11.5. The van der Waals surface area contributed by atoms with Crippen molar-refractivity contribution >= 4 is 23.3 Å². The van der Waals surface area contributed by atoms with Crippen molar-refractivity contribution in [1.82, 2.24) is 0 Å². The normalized spacial score (nSPS) is 36.2. The van der Waals surface area contributed by atoms with Gasteiger partial charge in [-0.05, 0) is 84.0 Å². The molecule has 6 nitrogen and oxygen atoms in total. The molecule has 4 saturated carbocycles. The molecule has 2 aromatic carbocycles. The molecule has 1 heterocycles. The molecule has 6 aliphatic rings. The van der Waals surface area contributed by atoms with Crippen LogP contribution >= 0.6 is 0 Å². The topological polar surface area (TPSA) is 72.9 Å². The molecule has 0 N–H and O–H groups in total. The van der Waals surface area contributed by atoms with Crippen LogP contribution in [0.3, 0.4) is 0 Å². The number of Topliss-reactive ketones (excluding diaryl/α,β-unsaturated/α-hetero) is 1. The fourth-order valence-corrected chi connectivity index (χ4v) is 7.40. The minimum Gasteiger partial charge on any atom is -0.497 e. The maximum atomic E-state index is 13.4. The number of amides is 2. The van der Waals surface area contributed by atoms with E-state index in [0.29, 0.717) is 45.9 Å².